The molecule has 2 N–H and O–H groups in total. The van der Waals surface area contributed by atoms with Gasteiger partial charge < -0.3 is 10.3 Å². The van der Waals surface area contributed by atoms with Gasteiger partial charge >= 0.3 is 0 Å². The van der Waals surface area contributed by atoms with Crippen LogP contribution in [0.5, 0.6) is 0 Å². The van der Waals surface area contributed by atoms with Crippen LogP contribution in [0.4, 0.5) is 0 Å². The van der Waals surface area contributed by atoms with Crippen molar-refractivity contribution >= 4 is 11.0 Å². The van der Waals surface area contributed by atoms with Gasteiger partial charge in [0.15, 0.2) is 0 Å². The van der Waals surface area contributed by atoms with E-state index in [1.807, 2.05) is 23.1 Å². The van der Waals surface area contributed by atoms with Crippen molar-refractivity contribution in [1.29, 1.82) is 0 Å². The second kappa shape index (κ2) is 5.69. The van der Waals surface area contributed by atoms with Crippen molar-refractivity contribution in [3.8, 4) is 0 Å². The molecule has 0 saturated heterocycles. The van der Waals surface area contributed by atoms with Crippen LogP contribution < -0.4 is 5.73 Å². The fourth-order valence-corrected chi connectivity index (χ4v) is 2.59. The fourth-order valence-electron chi connectivity index (χ4n) is 2.59. The van der Waals surface area contributed by atoms with E-state index in [1.54, 1.807) is 0 Å². The van der Waals surface area contributed by atoms with Gasteiger partial charge in [0.2, 0.25) is 0 Å². The minimum atomic E-state index is 0.381. The Hall–Kier alpha value is -2.14. The van der Waals surface area contributed by atoms with Crippen LogP contribution in [-0.2, 0) is 13.0 Å². The standard InChI is InChI=1S/C16H21N5/c1-12(2)21-9-6-14(19-21)11-20-10-13(5-7-17)15-4-3-8-18-16(15)20/h3-4,6,8-10,12H,5,7,11,17H2,1-2H3. The Kier molecular flexibility index (Phi) is 3.75. The molecule has 0 spiro atoms. The van der Waals surface area contributed by atoms with Crippen LogP contribution in [0.15, 0.2) is 36.8 Å². The highest BCUT2D eigenvalue weighted by Gasteiger charge is 2.10. The van der Waals surface area contributed by atoms with Gasteiger partial charge in [0.05, 0.1) is 12.2 Å². The first-order chi connectivity index (χ1) is 10.2. The van der Waals surface area contributed by atoms with Gasteiger partial charge in [0.1, 0.15) is 5.65 Å². The summed E-state index contributed by atoms with van der Waals surface area (Å²) in [5.41, 5.74) is 9.01. The lowest BCUT2D eigenvalue weighted by Gasteiger charge is -2.04. The van der Waals surface area contributed by atoms with Crippen molar-refractivity contribution in [2.24, 2.45) is 5.73 Å². The minimum absolute atomic E-state index is 0.381. The molecule has 3 rings (SSSR count). The van der Waals surface area contributed by atoms with Gasteiger partial charge in [0.25, 0.3) is 0 Å². The van der Waals surface area contributed by atoms with Crippen molar-refractivity contribution in [3.63, 3.8) is 0 Å². The van der Waals surface area contributed by atoms with Gasteiger partial charge in [0, 0.05) is 30.0 Å². The van der Waals surface area contributed by atoms with Crippen LogP contribution in [0.1, 0.15) is 31.1 Å². The van der Waals surface area contributed by atoms with E-state index >= 15 is 0 Å². The number of hydrogen-bond acceptors (Lipinski definition) is 3. The SMILES string of the molecule is CC(C)n1ccc(Cn2cc(CCN)c3cccnc32)n1. The van der Waals surface area contributed by atoms with Gasteiger partial charge in [-0.05, 0) is 50.6 Å². The molecule has 110 valence electrons. The van der Waals surface area contributed by atoms with Gasteiger partial charge in [-0.2, -0.15) is 5.10 Å². The van der Waals surface area contributed by atoms with E-state index < -0.39 is 0 Å². The van der Waals surface area contributed by atoms with Crippen LogP contribution in [0.25, 0.3) is 11.0 Å². The summed E-state index contributed by atoms with van der Waals surface area (Å²) in [5.74, 6) is 0. The van der Waals surface area contributed by atoms with Crippen molar-refractivity contribution in [3.05, 3.63) is 48.0 Å². The summed E-state index contributed by atoms with van der Waals surface area (Å²) >= 11 is 0. The molecule has 0 amide bonds. The zero-order valence-corrected chi connectivity index (χ0v) is 12.5. The van der Waals surface area contributed by atoms with E-state index in [0.717, 1.165) is 24.3 Å². The van der Waals surface area contributed by atoms with Crippen LogP contribution in [0.3, 0.4) is 0 Å². The van der Waals surface area contributed by atoms with E-state index in [9.17, 15) is 0 Å². The molecule has 3 heterocycles. The lowest BCUT2D eigenvalue weighted by Crippen LogP contribution is -2.05. The highest BCUT2D eigenvalue weighted by Crippen LogP contribution is 2.20. The Balaban J connectivity index is 1.96. The molecule has 0 aliphatic heterocycles. The molecule has 0 atom stereocenters. The first-order valence-electron chi connectivity index (χ1n) is 7.36. The summed E-state index contributed by atoms with van der Waals surface area (Å²) in [4.78, 5) is 4.51. The first kappa shape index (κ1) is 13.8. The summed E-state index contributed by atoms with van der Waals surface area (Å²) in [6.07, 6.45) is 6.88. The van der Waals surface area contributed by atoms with Crippen molar-refractivity contribution in [2.45, 2.75) is 32.9 Å². The van der Waals surface area contributed by atoms with E-state index in [0.29, 0.717) is 12.6 Å². The molecule has 3 aromatic heterocycles. The highest BCUT2D eigenvalue weighted by molar-refractivity contribution is 5.80. The minimum Gasteiger partial charge on any atom is -0.330 e. The Bertz CT molecular complexity index is 738. The van der Waals surface area contributed by atoms with Gasteiger partial charge in [-0.1, -0.05) is 0 Å². The van der Waals surface area contributed by atoms with Crippen LogP contribution in [0.2, 0.25) is 0 Å². The van der Waals surface area contributed by atoms with Crippen LogP contribution >= 0.6 is 0 Å². The Labute approximate surface area is 124 Å². The summed E-state index contributed by atoms with van der Waals surface area (Å²) in [7, 11) is 0. The third-order valence-electron chi connectivity index (χ3n) is 3.66. The predicted molar refractivity (Wildman–Crippen MR) is 84.2 cm³/mol. The molecule has 0 aliphatic carbocycles. The van der Waals surface area contributed by atoms with Crippen molar-refractivity contribution in [1.82, 2.24) is 19.3 Å². The molecule has 0 radical (unpaired) electrons. The number of aromatic nitrogens is 4. The molecule has 0 fully saturated rings. The Morgan fingerprint density at radius 1 is 1.29 bits per heavy atom. The molecule has 0 aromatic carbocycles. The smallest absolute Gasteiger partial charge is 0.140 e. The van der Waals surface area contributed by atoms with Crippen molar-refractivity contribution in [2.75, 3.05) is 6.54 Å². The fraction of sp³-hybridized carbons (Fsp3) is 0.375. The molecule has 3 aromatic rings. The Morgan fingerprint density at radius 3 is 2.86 bits per heavy atom. The molecule has 21 heavy (non-hydrogen) atoms. The maximum absolute atomic E-state index is 5.70. The summed E-state index contributed by atoms with van der Waals surface area (Å²) in [5, 5.41) is 5.80. The average molecular weight is 283 g/mol. The lowest BCUT2D eigenvalue weighted by atomic mass is 10.2. The maximum atomic E-state index is 5.70. The molecule has 5 heteroatoms. The molecule has 0 unspecified atom stereocenters. The highest BCUT2D eigenvalue weighted by atomic mass is 15.3. The molecule has 0 aliphatic rings. The van der Waals surface area contributed by atoms with Gasteiger partial charge in [-0.15, -0.1) is 0 Å². The van der Waals surface area contributed by atoms with Crippen LogP contribution in [0, 0.1) is 0 Å². The number of rotatable bonds is 5. The van der Waals surface area contributed by atoms with Gasteiger partial charge in [-0.25, -0.2) is 4.98 Å². The monoisotopic (exact) mass is 283 g/mol. The Morgan fingerprint density at radius 2 is 2.14 bits per heavy atom. The number of nitrogens with two attached hydrogens (primary N) is 1. The van der Waals surface area contributed by atoms with E-state index in [2.05, 4.69) is 46.8 Å². The summed E-state index contributed by atoms with van der Waals surface area (Å²) in [6.45, 7) is 5.64. The molecular formula is C16H21N5. The number of pyridine rings is 1. The average Bonchev–Trinajstić information content (AvgIpc) is 3.07. The van der Waals surface area contributed by atoms with Gasteiger partial charge in [-0.3, -0.25) is 4.68 Å². The lowest BCUT2D eigenvalue weighted by molar-refractivity contribution is 0.524. The second-order valence-corrected chi connectivity index (χ2v) is 5.58. The molecular weight excluding hydrogens is 262 g/mol. The summed E-state index contributed by atoms with van der Waals surface area (Å²) < 4.78 is 4.14. The number of fused-ring (bicyclic) bond motifs is 1. The normalized spacial score (nSPS) is 11.6. The zero-order valence-electron chi connectivity index (χ0n) is 12.5. The number of hydrogen-bond donors (Lipinski definition) is 1. The maximum Gasteiger partial charge on any atom is 0.140 e. The predicted octanol–water partition coefficient (Wildman–Crippen LogP) is 2.36. The van der Waals surface area contributed by atoms with E-state index in [1.165, 1.54) is 10.9 Å². The zero-order chi connectivity index (χ0) is 14.8. The largest absolute Gasteiger partial charge is 0.330 e. The number of nitrogens with zero attached hydrogens (tertiary/aromatic N) is 4. The molecule has 0 saturated carbocycles. The third-order valence-corrected chi connectivity index (χ3v) is 3.66. The second-order valence-electron chi connectivity index (χ2n) is 5.58. The first-order valence-corrected chi connectivity index (χ1v) is 7.36. The van der Waals surface area contributed by atoms with E-state index in [4.69, 9.17) is 5.73 Å². The van der Waals surface area contributed by atoms with Crippen LogP contribution in [-0.4, -0.2) is 25.9 Å². The molecule has 0 bridgehead atoms. The molecule has 5 nitrogen and oxygen atoms in total. The summed E-state index contributed by atoms with van der Waals surface area (Å²) in [6, 6.07) is 6.53. The van der Waals surface area contributed by atoms with Crippen molar-refractivity contribution < 1.29 is 0 Å². The topological polar surface area (TPSA) is 61.7 Å². The van der Waals surface area contributed by atoms with E-state index in [-0.39, 0.29) is 0 Å². The quantitative estimate of drug-likeness (QED) is 0.782. The third kappa shape index (κ3) is 2.69.